The second kappa shape index (κ2) is 7.32. The molecule has 0 atom stereocenters. The van der Waals surface area contributed by atoms with E-state index >= 15 is 0 Å². The number of thiophene rings is 1. The zero-order valence-corrected chi connectivity index (χ0v) is 19.4. The van der Waals surface area contributed by atoms with E-state index in [0.29, 0.717) is 11.3 Å². The molecule has 0 amide bonds. The van der Waals surface area contributed by atoms with Crippen LogP contribution in [-0.4, -0.2) is 27.6 Å². The monoisotopic (exact) mass is 463 g/mol. The Hall–Kier alpha value is -3.43. The first kappa shape index (κ1) is 20.5. The van der Waals surface area contributed by atoms with Crippen LogP contribution in [0.5, 0.6) is 0 Å². The molecule has 2 N–H and O–H groups in total. The van der Waals surface area contributed by atoms with Crippen molar-refractivity contribution in [1.82, 2.24) is 19.2 Å². The molecule has 0 spiro atoms. The third-order valence-electron chi connectivity index (χ3n) is 5.50. The second-order valence-electron chi connectivity index (χ2n) is 7.71. The van der Waals surface area contributed by atoms with Gasteiger partial charge in [-0.1, -0.05) is 17.7 Å². The van der Waals surface area contributed by atoms with Crippen LogP contribution in [0.3, 0.4) is 0 Å². The normalized spacial score (nSPS) is 12.0. The Labute approximate surface area is 189 Å². The molecule has 4 aromatic heterocycles. The van der Waals surface area contributed by atoms with Gasteiger partial charge in [0.15, 0.2) is 5.65 Å². The van der Waals surface area contributed by atoms with Gasteiger partial charge in [0.05, 0.1) is 21.7 Å². The molecule has 0 radical (unpaired) electrons. The first-order valence-electron chi connectivity index (χ1n) is 9.96. The number of nitrogens with two attached hydrogens (primary N) is 1. The highest BCUT2D eigenvalue weighted by atomic mass is 32.2. The molecule has 0 fully saturated rings. The van der Waals surface area contributed by atoms with Crippen molar-refractivity contribution < 1.29 is 8.42 Å². The third kappa shape index (κ3) is 3.12. The summed E-state index contributed by atoms with van der Waals surface area (Å²) in [6.07, 6.45) is 1.31. The van der Waals surface area contributed by atoms with E-state index in [9.17, 15) is 8.42 Å². The molecule has 5 aromatic rings. The van der Waals surface area contributed by atoms with Gasteiger partial charge in [0.25, 0.3) is 0 Å². The lowest BCUT2D eigenvalue weighted by atomic mass is 10.2. The summed E-state index contributed by atoms with van der Waals surface area (Å²) in [6.45, 7) is 6.01. The van der Waals surface area contributed by atoms with Crippen molar-refractivity contribution in [2.24, 2.45) is 0 Å². The Kier molecular flexibility index (Phi) is 4.68. The minimum absolute atomic E-state index is 0.0354. The van der Waals surface area contributed by atoms with E-state index < -0.39 is 9.84 Å². The minimum atomic E-state index is -3.83. The number of fused-ring (bicyclic) bond motifs is 1. The number of hydrogen-bond donors (Lipinski definition) is 1. The van der Waals surface area contributed by atoms with E-state index in [1.54, 1.807) is 35.6 Å². The SMILES string of the molecule is Cc1ccc(S(=O)(=O)c2cnc3cc(-c4sccc4-n4c(C)ccc4C)nn3c2N)cc1. The molecular formula is C23H21N5O2S2. The van der Waals surface area contributed by atoms with Crippen LogP contribution in [0.4, 0.5) is 5.82 Å². The number of hydrogen-bond acceptors (Lipinski definition) is 6. The fraction of sp³-hybridized carbons (Fsp3) is 0.130. The molecule has 9 heteroatoms. The van der Waals surface area contributed by atoms with Crippen molar-refractivity contribution in [2.45, 2.75) is 30.6 Å². The Bertz CT molecular complexity index is 1560. The molecule has 32 heavy (non-hydrogen) atoms. The Balaban J connectivity index is 1.64. The lowest BCUT2D eigenvalue weighted by Gasteiger charge is -2.09. The minimum Gasteiger partial charge on any atom is -0.382 e. The first-order chi connectivity index (χ1) is 15.3. The maximum Gasteiger partial charge on any atom is 0.211 e. The highest BCUT2D eigenvalue weighted by Crippen LogP contribution is 2.35. The number of nitrogen functional groups attached to an aromatic ring is 1. The highest BCUT2D eigenvalue weighted by molar-refractivity contribution is 7.91. The number of sulfone groups is 1. The Morgan fingerprint density at radius 1 is 0.969 bits per heavy atom. The summed E-state index contributed by atoms with van der Waals surface area (Å²) < 4.78 is 29.9. The molecule has 0 aliphatic carbocycles. The lowest BCUT2D eigenvalue weighted by Crippen LogP contribution is -2.11. The number of nitrogens with zero attached hydrogens (tertiary/aromatic N) is 4. The zero-order valence-electron chi connectivity index (χ0n) is 17.8. The zero-order chi connectivity index (χ0) is 22.6. The van der Waals surface area contributed by atoms with Crippen molar-refractivity contribution in [3.05, 3.63) is 77.1 Å². The quantitative estimate of drug-likeness (QED) is 0.421. The van der Waals surface area contributed by atoms with Crippen LogP contribution in [-0.2, 0) is 9.84 Å². The average Bonchev–Trinajstić information content (AvgIpc) is 3.47. The number of aromatic nitrogens is 4. The highest BCUT2D eigenvalue weighted by Gasteiger charge is 2.24. The van der Waals surface area contributed by atoms with Gasteiger partial charge in [-0.3, -0.25) is 0 Å². The molecule has 0 saturated heterocycles. The van der Waals surface area contributed by atoms with Crippen molar-refractivity contribution >= 4 is 32.6 Å². The molecular weight excluding hydrogens is 442 g/mol. The number of rotatable bonds is 4. The van der Waals surface area contributed by atoms with Crippen LogP contribution >= 0.6 is 11.3 Å². The predicted octanol–water partition coefficient (Wildman–Crippen LogP) is 4.59. The largest absolute Gasteiger partial charge is 0.382 e. The number of aryl methyl sites for hydroxylation is 3. The second-order valence-corrected chi connectivity index (χ2v) is 10.5. The molecule has 162 valence electrons. The van der Waals surface area contributed by atoms with Gasteiger partial charge >= 0.3 is 0 Å². The van der Waals surface area contributed by atoms with Gasteiger partial charge < -0.3 is 10.3 Å². The van der Waals surface area contributed by atoms with Crippen LogP contribution in [0, 0.1) is 20.8 Å². The van der Waals surface area contributed by atoms with Crippen LogP contribution in [0.1, 0.15) is 17.0 Å². The molecule has 1 aromatic carbocycles. The van der Waals surface area contributed by atoms with Gasteiger partial charge in [0.1, 0.15) is 16.4 Å². The summed E-state index contributed by atoms with van der Waals surface area (Å²) in [5.74, 6) is 0.0354. The fourth-order valence-electron chi connectivity index (χ4n) is 3.82. The van der Waals surface area contributed by atoms with Crippen molar-refractivity contribution in [3.63, 3.8) is 0 Å². The van der Waals surface area contributed by atoms with Crippen LogP contribution in [0.25, 0.3) is 21.9 Å². The summed E-state index contributed by atoms with van der Waals surface area (Å²) in [5.41, 5.74) is 11.7. The topological polar surface area (TPSA) is 95.3 Å². The molecule has 0 bridgehead atoms. The lowest BCUT2D eigenvalue weighted by molar-refractivity contribution is 0.595. The van der Waals surface area contributed by atoms with Gasteiger partial charge in [0.2, 0.25) is 9.84 Å². The smallest absolute Gasteiger partial charge is 0.211 e. The van der Waals surface area contributed by atoms with E-state index in [4.69, 9.17) is 5.73 Å². The van der Waals surface area contributed by atoms with Crippen molar-refractivity contribution in [3.8, 4) is 16.3 Å². The molecule has 0 unspecified atom stereocenters. The van der Waals surface area contributed by atoms with E-state index in [1.165, 1.54) is 10.7 Å². The Morgan fingerprint density at radius 3 is 2.34 bits per heavy atom. The molecule has 0 aliphatic heterocycles. The molecule has 0 aliphatic rings. The van der Waals surface area contributed by atoms with Crippen LogP contribution in [0.15, 0.2) is 69.9 Å². The summed E-state index contributed by atoms with van der Waals surface area (Å²) in [7, 11) is -3.83. The van der Waals surface area contributed by atoms with E-state index in [-0.39, 0.29) is 15.6 Å². The maximum atomic E-state index is 13.2. The standard InChI is InChI=1S/C23H21N5O2S2/c1-14-4-8-17(9-5-14)32(29,30)20-13-25-21-12-18(26-28(21)23(20)24)22-19(10-11-31-22)27-15(2)6-7-16(27)3/h4-13H,24H2,1-3H3. The Morgan fingerprint density at radius 2 is 1.66 bits per heavy atom. The van der Waals surface area contributed by atoms with E-state index in [2.05, 4.69) is 40.6 Å². The molecule has 4 heterocycles. The van der Waals surface area contributed by atoms with Gasteiger partial charge in [-0.25, -0.2) is 13.4 Å². The fourth-order valence-corrected chi connectivity index (χ4v) is 5.95. The van der Waals surface area contributed by atoms with Crippen LogP contribution < -0.4 is 5.73 Å². The molecule has 7 nitrogen and oxygen atoms in total. The van der Waals surface area contributed by atoms with Gasteiger partial charge in [-0.15, -0.1) is 11.3 Å². The van der Waals surface area contributed by atoms with Gasteiger partial charge in [0, 0.05) is 17.5 Å². The van der Waals surface area contributed by atoms with E-state index in [0.717, 1.165) is 27.5 Å². The first-order valence-corrected chi connectivity index (χ1v) is 12.3. The molecule has 0 saturated carbocycles. The number of anilines is 1. The predicted molar refractivity (Wildman–Crippen MR) is 126 cm³/mol. The van der Waals surface area contributed by atoms with E-state index in [1.807, 2.05) is 24.4 Å². The summed E-state index contributed by atoms with van der Waals surface area (Å²) in [4.78, 5) is 5.41. The third-order valence-corrected chi connectivity index (χ3v) is 8.21. The number of benzene rings is 1. The summed E-state index contributed by atoms with van der Waals surface area (Å²) in [6, 6.07) is 14.7. The maximum absolute atomic E-state index is 13.2. The van der Waals surface area contributed by atoms with Crippen LogP contribution in [0.2, 0.25) is 0 Å². The van der Waals surface area contributed by atoms with Crippen molar-refractivity contribution in [2.75, 3.05) is 5.73 Å². The summed E-state index contributed by atoms with van der Waals surface area (Å²) in [5, 5.41) is 6.64. The average molecular weight is 464 g/mol. The van der Waals surface area contributed by atoms with Crippen molar-refractivity contribution in [1.29, 1.82) is 0 Å². The van der Waals surface area contributed by atoms with Gasteiger partial charge in [-0.2, -0.15) is 9.61 Å². The molecule has 5 rings (SSSR count). The van der Waals surface area contributed by atoms with Gasteiger partial charge in [-0.05, 0) is 56.5 Å². The summed E-state index contributed by atoms with van der Waals surface area (Å²) >= 11 is 1.56.